The van der Waals surface area contributed by atoms with Crippen LogP contribution in [0.5, 0.6) is 0 Å². The Morgan fingerprint density at radius 3 is 2.78 bits per heavy atom. The minimum absolute atomic E-state index is 0.0221. The largest absolute Gasteiger partial charge is 0.339 e. The number of fused-ring (bicyclic) bond motifs is 3. The summed E-state index contributed by atoms with van der Waals surface area (Å²) in [4.78, 5) is 7.64. The van der Waals surface area contributed by atoms with Crippen LogP contribution in [0.4, 0.5) is 0 Å². The number of halogens is 1. The highest BCUT2D eigenvalue weighted by Crippen LogP contribution is 2.25. The molecule has 0 saturated heterocycles. The number of H-pyrrole nitrogens is 1. The zero-order chi connectivity index (χ0) is 16.0. The fourth-order valence-corrected chi connectivity index (χ4v) is 2.91. The molecule has 0 unspecified atom stereocenters. The molecule has 4 rings (SSSR count). The second kappa shape index (κ2) is 4.97. The first-order valence-electron chi connectivity index (χ1n) is 6.93. The smallest absolute Gasteiger partial charge is 0.184 e. The van der Waals surface area contributed by atoms with Crippen LogP contribution in [0.3, 0.4) is 0 Å². The molecule has 2 N–H and O–H groups in total. The number of nitrogens with zero attached hydrogens (tertiary/aromatic N) is 3. The van der Waals surface area contributed by atoms with Gasteiger partial charge in [0.05, 0.1) is 5.69 Å². The number of aromatic nitrogens is 3. The van der Waals surface area contributed by atoms with E-state index in [-0.39, 0.29) is 11.2 Å². The first-order valence-corrected chi connectivity index (χ1v) is 7.31. The molecule has 0 amide bonds. The van der Waals surface area contributed by atoms with Gasteiger partial charge in [-0.15, -0.1) is 0 Å². The van der Waals surface area contributed by atoms with E-state index in [1.165, 1.54) is 0 Å². The first-order chi connectivity index (χ1) is 11.2. The van der Waals surface area contributed by atoms with Gasteiger partial charge in [-0.1, -0.05) is 35.9 Å². The number of nitriles is 1. The minimum Gasteiger partial charge on any atom is -0.339 e. The molecule has 0 spiro atoms. The van der Waals surface area contributed by atoms with E-state index < -0.39 is 0 Å². The van der Waals surface area contributed by atoms with Crippen molar-refractivity contribution in [3.05, 3.63) is 64.7 Å². The van der Waals surface area contributed by atoms with Gasteiger partial charge >= 0.3 is 0 Å². The Hall–Kier alpha value is -3.10. The normalized spacial score (nSPS) is 11.0. The summed E-state index contributed by atoms with van der Waals surface area (Å²) in [7, 11) is 0. The van der Waals surface area contributed by atoms with Crippen LogP contribution in [0.1, 0.15) is 5.69 Å². The first kappa shape index (κ1) is 13.6. The minimum atomic E-state index is 0.0221. The average Bonchev–Trinajstić information content (AvgIpc) is 2.92. The van der Waals surface area contributed by atoms with Gasteiger partial charge in [-0.3, -0.25) is 9.98 Å². The third kappa shape index (κ3) is 2.00. The van der Waals surface area contributed by atoms with Gasteiger partial charge in [-0.25, -0.2) is 4.98 Å². The predicted molar refractivity (Wildman–Crippen MR) is 88.5 cm³/mol. The molecule has 23 heavy (non-hydrogen) atoms. The quantitative estimate of drug-likeness (QED) is 0.563. The van der Waals surface area contributed by atoms with Crippen LogP contribution in [0.25, 0.3) is 27.8 Å². The molecule has 0 aliphatic heterocycles. The number of hydrogen-bond acceptors (Lipinski definition) is 3. The van der Waals surface area contributed by atoms with Crippen molar-refractivity contribution < 1.29 is 0 Å². The molecule has 0 atom stereocenters. The highest BCUT2D eigenvalue weighted by atomic mass is 35.5. The Morgan fingerprint density at radius 2 is 2.00 bits per heavy atom. The van der Waals surface area contributed by atoms with Crippen molar-refractivity contribution >= 4 is 33.7 Å². The van der Waals surface area contributed by atoms with E-state index in [9.17, 15) is 5.26 Å². The van der Waals surface area contributed by atoms with Crippen molar-refractivity contribution in [3.8, 4) is 11.8 Å². The molecule has 2 heterocycles. The van der Waals surface area contributed by atoms with Crippen LogP contribution >= 0.6 is 11.6 Å². The standard InChI is InChI=1S/C17H10ClN5/c18-10-4-3-5-11(8-10)23-16(20)14(9-19)21-15-12-6-1-2-7-13(12)22-17(15)23/h1-8,20,22H. The molecule has 6 heteroatoms. The fourth-order valence-electron chi connectivity index (χ4n) is 2.72. The molecular formula is C17H10ClN5. The van der Waals surface area contributed by atoms with E-state index in [2.05, 4.69) is 9.97 Å². The van der Waals surface area contributed by atoms with Gasteiger partial charge in [0.2, 0.25) is 0 Å². The van der Waals surface area contributed by atoms with Gasteiger partial charge in [-0.05, 0) is 24.3 Å². The van der Waals surface area contributed by atoms with Crippen molar-refractivity contribution in [2.24, 2.45) is 0 Å². The van der Waals surface area contributed by atoms with E-state index in [0.717, 1.165) is 10.9 Å². The molecule has 2 aromatic heterocycles. The lowest BCUT2D eigenvalue weighted by Gasteiger charge is -2.09. The van der Waals surface area contributed by atoms with Crippen LogP contribution in [0.15, 0.2) is 48.5 Å². The number of aromatic amines is 1. The third-order valence-corrected chi connectivity index (χ3v) is 3.96. The van der Waals surface area contributed by atoms with Gasteiger partial charge in [0.1, 0.15) is 17.2 Å². The van der Waals surface area contributed by atoms with Gasteiger partial charge in [0.15, 0.2) is 11.2 Å². The summed E-state index contributed by atoms with van der Waals surface area (Å²) in [6.07, 6.45) is 0. The topological polar surface area (TPSA) is 81.2 Å². The Labute approximate surface area is 135 Å². The van der Waals surface area contributed by atoms with Crippen molar-refractivity contribution in [1.82, 2.24) is 14.5 Å². The number of rotatable bonds is 1. The van der Waals surface area contributed by atoms with Crippen molar-refractivity contribution in [3.63, 3.8) is 0 Å². The molecular weight excluding hydrogens is 310 g/mol. The highest BCUT2D eigenvalue weighted by molar-refractivity contribution is 6.30. The monoisotopic (exact) mass is 319 g/mol. The molecule has 5 nitrogen and oxygen atoms in total. The number of hydrogen-bond donors (Lipinski definition) is 2. The molecule has 0 radical (unpaired) electrons. The van der Waals surface area contributed by atoms with E-state index in [0.29, 0.717) is 21.9 Å². The summed E-state index contributed by atoms with van der Waals surface area (Å²) in [5, 5.41) is 19.1. The number of para-hydroxylation sites is 1. The average molecular weight is 320 g/mol. The zero-order valence-corrected chi connectivity index (χ0v) is 12.6. The molecule has 0 bridgehead atoms. The highest BCUT2D eigenvalue weighted by Gasteiger charge is 2.14. The summed E-state index contributed by atoms with van der Waals surface area (Å²) in [6.45, 7) is 0. The van der Waals surface area contributed by atoms with Crippen LogP contribution in [-0.2, 0) is 0 Å². The lowest BCUT2D eigenvalue weighted by Crippen LogP contribution is -2.23. The maximum absolute atomic E-state index is 9.33. The van der Waals surface area contributed by atoms with Crippen LogP contribution in [0.2, 0.25) is 5.02 Å². The summed E-state index contributed by atoms with van der Waals surface area (Å²) >= 11 is 6.09. The van der Waals surface area contributed by atoms with Crippen molar-refractivity contribution in [1.29, 1.82) is 10.7 Å². The molecule has 4 aromatic rings. The molecule has 2 aromatic carbocycles. The molecule has 0 fully saturated rings. The fraction of sp³-hybridized carbons (Fsp3) is 0. The van der Waals surface area contributed by atoms with E-state index in [4.69, 9.17) is 17.0 Å². The van der Waals surface area contributed by atoms with E-state index >= 15 is 0 Å². The van der Waals surface area contributed by atoms with Crippen molar-refractivity contribution in [2.45, 2.75) is 0 Å². The predicted octanol–water partition coefficient (Wildman–Crippen LogP) is 3.51. The molecule has 0 aliphatic carbocycles. The lowest BCUT2D eigenvalue weighted by atomic mass is 10.2. The van der Waals surface area contributed by atoms with Crippen molar-refractivity contribution in [2.75, 3.05) is 0 Å². The Bertz CT molecular complexity index is 1160. The Balaban J connectivity index is 2.24. The Morgan fingerprint density at radius 1 is 1.17 bits per heavy atom. The summed E-state index contributed by atoms with van der Waals surface area (Å²) < 4.78 is 1.66. The lowest BCUT2D eigenvalue weighted by molar-refractivity contribution is 0.922. The second-order valence-corrected chi connectivity index (χ2v) is 5.54. The number of benzene rings is 2. The van der Waals surface area contributed by atoms with Gasteiger partial charge in [0.25, 0.3) is 0 Å². The van der Waals surface area contributed by atoms with E-state index in [1.54, 1.807) is 16.7 Å². The van der Waals surface area contributed by atoms with Gasteiger partial charge in [0, 0.05) is 15.9 Å². The van der Waals surface area contributed by atoms with Crippen LogP contribution in [-0.4, -0.2) is 14.5 Å². The van der Waals surface area contributed by atoms with Crippen LogP contribution in [0, 0.1) is 16.7 Å². The summed E-state index contributed by atoms with van der Waals surface area (Å²) in [5.41, 5.74) is 3.03. The molecule has 0 aliphatic rings. The third-order valence-electron chi connectivity index (χ3n) is 3.73. The second-order valence-electron chi connectivity index (χ2n) is 5.10. The van der Waals surface area contributed by atoms with Gasteiger partial charge < -0.3 is 4.98 Å². The summed E-state index contributed by atoms with van der Waals surface area (Å²) in [5.74, 6) is 0. The van der Waals surface area contributed by atoms with E-state index in [1.807, 2.05) is 42.5 Å². The summed E-state index contributed by atoms with van der Waals surface area (Å²) in [6, 6.07) is 16.9. The van der Waals surface area contributed by atoms with Crippen LogP contribution < -0.4 is 5.49 Å². The SMILES string of the molecule is N#Cc1nc2c3ccccc3[nH]c2n(-c2cccc(Cl)c2)c1=N. The molecule has 110 valence electrons. The van der Waals surface area contributed by atoms with Gasteiger partial charge in [-0.2, -0.15) is 5.26 Å². The molecule has 0 saturated carbocycles. The maximum Gasteiger partial charge on any atom is 0.184 e. The zero-order valence-electron chi connectivity index (χ0n) is 11.8. The maximum atomic E-state index is 9.33. The number of nitrogens with one attached hydrogen (secondary N) is 2. The Kier molecular flexibility index (Phi) is 2.93.